The lowest BCUT2D eigenvalue weighted by Crippen LogP contribution is -2.36. The van der Waals surface area contributed by atoms with Gasteiger partial charge in [-0.25, -0.2) is 4.98 Å². The van der Waals surface area contributed by atoms with E-state index in [9.17, 15) is 4.79 Å². The van der Waals surface area contributed by atoms with Crippen LogP contribution in [-0.4, -0.2) is 21.1 Å². The number of anilines is 1. The summed E-state index contributed by atoms with van der Waals surface area (Å²) >= 11 is 1.45. The first-order valence-electron chi connectivity index (χ1n) is 7.79. The van der Waals surface area contributed by atoms with Crippen LogP contribution < -0.4 is 10.5 Å². The molecule has 0 radical (unpaired) electrons. The lowest BCUT2D eigenvalue weighted by molar-refractivity contribution is 0.324. The summed E-state index contributed by atoms with van der Waals surface area (Å²) in [5.41, 5.74) is -0.145. The second kappa shape index (κ2) is 5.49. The highest BCUT2D eigenvalue weighted by molar-refractivity contribution is 7.20. The minimum Gasteiger partial charge on any atom is -0.464 e. The molecule has 2 atom stereocenters. The van der Waals surface area contributed by atoms with Crippen molar-refractivity contribution in [1.82, 2.24) is 14.6 Å². The molecule has 0 aromatic carbocycles. The highest BCUT2D eigenvalue weighted by atomic mass is 32.1. The Bertz CT molecular complexity index is 897. The fourth-order valence-corrected chi connectivity index (χ4v) is 4.07. The molecule has 0 saturated carbocycles. The van der Waals surface area contributed by atoms with Crippen molar-refractivity contribution < 1.29 is 4.42 Å². The lowest BCUT2D eigenvalue weighted by Gasteiger charge is -2.37. The van der Waals surface area contributed by atoms with Gasteiger partial charge in [0, 0.05) is 18.8 Å². The number of fused-ring (bicyclic) bond motifs is 1. The Morgan fingerprint density at radius 1 is 1.35 bits per heavy atom. The van der Waals surface area contributed by atoms with Crippen molar-refractivity contribution in [3.05, 3.63) is 46.3 Å². The highest BCUT2D eigenvalue weighted by Crippen LogP contribution is 2.39. The largest absolute Gasteiger partial charge is 0.464 e. The Kier molecular flexibility index (Phi) is 3.45. The maximum Gasteiger partial charge on any atom is 0.275 e. The minimum atomic E-state index is -0.145. The highest BCUT2D eigenvalue weighted by Gasteiger charge is 2.32. The predicted octanol–water partition coefficient (Wildman–Crippen LogP) is 3.03. The first kappa shape index (κ1) is 14.4. The molecule has 0 aliphatic carbocycles. The van der Waals surface area contributed by atoms with E-state index < -0.39 is 0 Å². The standard InChI is InChI=1S/C16H18N4O2S/c1-10-6-8-19(12(9-10)13-4-3-11(2)22-13)16-18-20-14(21)5-7-17-15(20)23-16/h3-5,7,10,12H,6,8-9H2,1-2H3. The molecule has 0 amide bonds. The zero-order valence-corrected chi connectivity index (χ0v) is 13.9. The van der Waals surface area contributed by atoms with Crippen LogP contribution in [0.15, 0.2) is 33.6 Å². The summed E-state index contributed by atoms with van der Waals surface area (Å²) in [5.74, 6) is 2.52. The minimum absolute atomic E-state index is 0.145. The van der Waals surface area contributed by atoms with Gasteiger partial charge in [-0.15, -0.1) is 5.10 Å². The second-order valence-corrected chi connectivity index (χ2v) is 7.08. The number of piperidine rings is 1. The summed E-state index contributed by atoms with van der Waals surface area (Å²) in [6.45, 7) is 5.13. The number of nitrogens with zero attached hydrogens (tertiary/aromatic N) is 4. The molecule has 0 N–H and O–H groups in total. The SMILES string of the molecule is Cc1ccc(C2CC(C)CCN2c2nn3c(=O)ccnc3s2)o1. The molecule has 7 heteroatoms. The number of aryl methyl sites for hydroxylation is 1. The topological polar surface area (TPSA) is 63.6 Å². The van der Waals surface area contributed by atoms with Crippen LogP contribution in [0.3, 0.4) is 0 Å². The van der Waals surface area contributed by atoms with Gasteiger partial charge in [0.2, 0.25) is 10.1 Å². The molecule has 0 spiro atoms. The molecule has 23 heavy (non-hydrogen) atoms. The molecule has 4 heterocycles. The van der Waals surface area contributed by atoms with E-state index in [1.54, 1.807) is 0 Å². The van der Waals surface area contributed by atoms with E-state index in [4.69, 9.17) is 4.42 Å². The third kappa shape index (κ3) is 2.55. The molecule has 1 aliphatic rings. The van der Waals surface area contributed by atoms with Crippen molar-refractivity contribution in [2.24, 2.45) is 5.92 Å². The van der Waals surface area contributed by atoms with E-state index in [1.165, 1.54) is 28.1 Å². The normalized spacial score (nSPS) is 21.9. The summed E-state index contributed by atoms with van der Waals surface area (Å²) in [4.78, 5) is 19.0. The van der Waals surface area contributed by atoms with Crippen molar-refractivity contribution in [3.8, 4) is 0 Å². The van der Waals surface area contributed by atoms with Gasteiger partial charge in [-0.3, -0.25) is 4.79 Å². The molecule has 120 valence electrons. The summed E-state index contributed by atoms with van der Waals surface area (Å²) < 4.78 is 7.25. The maximum atomic E-state index is 11.9. The first-order chi connectivity index (χ1) is 11.1. The summed E-state index contributed by atoms with van der Waals surface area (Å²) in [7, 11) is 0. The molecule has 4 rings (SSSR count). The van der Waals surface area contributed by atoms with Crippen LogP contribution in [0.2, 0.25) is 0 Å². The average Bonchev–Trinajstić information content (AvgIpc) is 3.14. The van der Waals surface area contributed by atoms with E-state index in [0.29, 0.717) is 10.9 Å². The number of furan rings is 1. The van der Waals surface area contributed by atoms with Crippen LogP contribution in [-0.2, 0) is 0 Å². The molecule has 0 bridgehead atoms. The predicted molar refractivity (Wildman–Crippen MR) is 89.1 cm³/mol. The molecular formula is C16H18N4O2S. The molecule has 3 aromatic heterocycles. The van der Waals surface area contributed by atoms with E-state index in [-0.39, 0.29) is 11.6 Å². The van der Waals surface area contributed by atoms with Gasteiger partial charge in [-0.2, -0.15) is 4.52 Å². The van der Waals surface area contributed by atoms with Crippen LogP contribution in [0.4, 0.5) is 5.13 Å². The van der Waals surface area contributed by atoms with Gasteiger partial charge in [0.15, 0.2) is 0 Å². The van der Waals surface area contributed by atoms with Crippen LogP contribution in [0, 0.1) is 12.8 Å². The Morgan fingerprint density at radius 2 is 2.22 bits per heavy atom. The van der Waals surface area contributed by atoms with Crippen LogP contribution in [0.25, 0.3) is 4.96 Å². The second-order valence-electron chi connectivity index (χ2n) is 6.15. The number of rotatable bonds is 2. The smallest absolute Gasteiger partial charge is 0.275 e. The molecule has 1 fully saturated rings. The Morgan fingerprint density at radius 3 is 2.96 bits per heavy atom. The van der Waals surface area contributed by atoms with Gasteiger partial charge < -0.3 is 9.32 Å². The van der Waals surface area contributed by atoms with Crippen LogP contribution in [0.1, 0.15) is 37.3 Å². The monoisotopic (exact) mass is 330 g/mol. The third-order valence-corrected chi connectivity index (χ3v) is 5.32. The Labute approximate surface area is 137 Å². The van der Waals surface area contributed by atoms with Gasteiger partial charge in [-0.05, 0) is 37.8 Å². The van der Waals surface area contributed by atoms with Crippen molar-refractivity contribution in [2.75, 3.05) is 11.4 Å². The number of hydrogen-bond acceptors (Lipinski definition) is 6. The molecule has 3 aromatic rings. The summed E-state index contributed by atoms with van der Waals surface area (Å²) in [6.07, 6.45) is 3.66. The van der Waals surface area contributed by atoms with E-state index in [0.717, 1.165) is 36.0 Å². The van der Waals surface area contributed by atoms with Gasteiger partial charge in [-0.1, -0.05) is 18.3 Å². The lowest BCUT2D eigenvalue weighted by atomic mass is 9.91. The van der Waals surface area contributed by atoms with E-state index in [2.05, 4.69) is 21.9 Å². The van der Waals surface area contributed by atoms with Gasteiger partial charge in [0.05, 0.1) is 6.04 Å². The van der Waals surface area contributed by atoms with Crippen molar-refractivity contribution in [2.45, 2.75) is 32.7 Å². The van der Waals surface area contributed by atoms with Gasteiger partial charge in [0.25, 0.3) is 5.56 Å². The molecular weight excluding hydrogens is 312 g/mol. The summed E-state index contributed by atoms with van der Waals surface area (Å²) in [6, 6.07) is 5.63. The Hall–Kier alpha value is -2.15. The number of hydrogen-bond donors (Lipinski definition) is 0. The van der Waals surface area contributed by atoms with Crippen LogP contribution >= 0.6 is 11.3 Å². The van der Waals surface area contributed by atoms with Crippen molar-refractivity contribution >= 4 is 21.4 Å². The van der Waals surface area contributed by atoms with Crippen molar-refractivity contribution in [1.29, 1.82) is 0 Å². The van der Waals surface area contributed by atoms with Crippen molar-refractivity contribution in [3.63, 3.8) is 0 Å². The quantitative estimate of drug-likeness (QED) is 0.723. The fourth-order valence-electron chi connectivity index (χ4n) is 3.12. The first-order valence-corrected chi connectivity index (χ1v) is 8.61. The molecule has 1 aliphatic heterocycles. The van der Waals surface area contributed by atoms with Crippen LogP contribution in [0.5, 0.6) is 0 Å². The average molecular weight is 330 g/mol. The van der Waals surface area contributed by atoms with E-state index >= 15 is 0 Å². The maximum absolute atomic E-state index is 11.9. The molecule has 1 saturated heterocycles. The van der Waals surface area contributed by atoms with Gasteiger partial charge in [0.1, 0.15) is 11.5 Å². The zero-order chi connectivity index (χ0) is 16.0. The summed E-state index contributed by atoms with van der Waals surface area (Å²) in [5, 5.41) is 5.31. The molecule has 2 unspecified atom stereocenters. The number of aromatic nitrogens is 3. The zero-order valence-electron chi connectivity index (χ0n) is 13.1. The molecule has 6 nitrogen and oxygen atoms in total. The Balaban J connectivity index is 1.77. The van der Waals surface area contributed by atoms with Gasteiger partial charge >= 0.3 is 0 Å². The third-order valence-electron chi connectivity index (χ3n) is 4.36. The van der Waals surface area contributed by atoms with E-state index in [1.807, 2.05) is 19.1 Å². The fraction of sp³-hybridized carbons (Fsp3) is 0.438.